The summed E-state index contributed by atoms with van der Waals surface area (Å²) in [6, 6.07) is 15.1. The van der Waals surface area contributed by atoms with Gasteiger partial charge in [-0.2, -0.15) is 0 Å². The Balaban J connectivity index is 1.57. The molecule has 9 heteroatoms. The number of hydrogen-bond donors (Lipinski definition) is 2. The van der Waals surface area contributed by atoms with Gasteiger partial charge in [0.25, 0.3) is 11.8 Å². The molecule has 0 unspecified atom stereocenters. The van der Waals surface area contributed by atoms with E-state index in [9.17, 15) is 22.8 Å². The van der Waals surface area contributed by atoms with Crippen LogP contribution in [0.1, 0.15) is 25.6 Å². The van der Waals surface area contributed by atoms with Crippen molar-refractivity contribution in [2.75, 3.05) is 5.32 Å². The van der Waals surface area contributed by atoms with Crippen molar-refractivity contribution in [2.24, 2.45) is 0 Å². The number of hydrogen-bond acceptors (Lipinski definition) is 4. The molecule has 0 aliphatic heterocycles. The Morgan fingerprint density at radius 1 is 0.966 bits per heavy atom. The second-order valence-corrected chi connectivity index (χ2v) is 6.83. The lowest BCUT2D eigenvalue weighted by Crippen LogP contribution is -2.23. The molecule has 150 valence electrons. The van der Waals surface area contributed by atoms with E-state index >= 15 is 0 Å². The van der Waals surface area contributed by atoms with E-state index in [1.807, 2.05) is 0 Å². The molecular weight excluding hydrogens is 405 g/mol. The Morgan fingerprint density at radius 2 is 1.72 bits per heavy atom. The van der Waals surface area contributed by atoms with Crippen molar-refractivity contribution < 1.29 is 27.5 Å². The predicted molar refractivity (Wildman–Crippen MR) is 103 cm³/mol. The Hall–Kier alpha value is -3.33. The molecule has 3 aromatic rings. The number of carbonyl (C=O) groups is 2. The summed E-state index contributed by atoms with van der Waals surface area (Å²) in [4.78, 5) is 25.0. The zero-order valence-corrected chi connectivity index (χ0v) is 15.6. The summed E-state index contributed by atoms with van der Waals surface area (Å²) in [6.07, 6.45) is -4.75. The van der Waals surface area contributed by atoms with Gasteiger partial charge in [-0.25, -0.2) is 0 Å². The van der Waals surface area contributed by atoms with Gasteiger partial charge >= 0.3 is 6.36 Å². The molecule has 0 aliphatic carbocycles. The van der Waals surface area contributed by atoms with Crippen LogP contribution >= 0.6 is 11.3 Å². The first-order chi connectivity index (χ1) is 13.8. The Kier molecular flexibility index (Phi) is 6.18. The minimum atomic E-state index is -4.75. The molecule has 0 radical (unpaired) electrons. The Labute approximate surface area is 168 Å². The molecule has 5 nitrogen and oxygen atoms in total. The maximum atomic E-state index is 12.3. The molecule has 0 bridgehead atoms. The molecule has 2 N–H and O–H groups in total. The van der Waals surface area contributed by atoms with Crippen molar-refractivity contribution in [2.45, 2.75) is 12.9 Å². The van der Waals surface area contributed by atoms with Crippen LogP contribution in [0.5, 0.6) is 5.75 Å². The van der Waals surface area contributed by atoms with Gasteiger partial charge in [-0.3, -0.25) is 9.59 Å². The average Bonchev–Trinajstić information content (AvgIpc) is 3.21. The number of ether oxygens (including phenoxy) is 1. The summed E-state index contributed by atoms with van der Waals surface area (Å²) in [6.45, 7) is 0.122. The lowest BCUT2D eigenvalue weighted by Gasteiger charge is -2.10. The number of halogens is 3. The van der Waals surface area contributed by atoms with Crippen LogP contribution in [0.15, 0.2) is 66.0 Å². The molecule has 2 amide bonds. The lowest BCUT2D eigenvalue weighted by atomic mass is 10.1. The van der Waals surface area contributed by atoms with Crippen LogP contribution in [0.25, 0.3) is 0 Å². The Morgan fingerprint density at radius 3 is 2.38 bits per heavy atom. The van der Waals surface area contributed by atoms with E-state index in [1.54, 1.807) is 41.8 Å². The van der Waals surface area contributed by atoms with E-state index in [0.717, 1.165) is 0 Å². The topological polar surface area (TPSA) is 67.4 Å². The maximum absolute atomic E-state index is 12.3. The number of alkyl halides is 3. The highest BCUT2D eigenvalue weighted by Gasteiger charge is 2.30. The van der Waals surface area contributed by atoms with Crippen LogP contribution in [0.2, 0.25) is 0 Å². The number of anilines is 1. The number of thiophene rings is 1. The molecule has 2 aromatic carbocycles. The summed E-state index contributed by atoms with van der Waals surface area (Å²) in [5.74, 6) is -0.978. The van der Waals surface area contributed by atoms with Crippen molar-refractivity contribution in [3.05, 3.63) is 82.0 Å². The highest BCUT2D eigenvalue weighted by Crippen LogP contribution is 2.22. The van der Waals surface area contributed by atoms with E-state index in [1.165, 1.54) is 35.6 Å². The average molecular weight is 420 g/mol. The van der Waals surface area contributed by atoms with E-state index in [4.69, 9.17) is 0 Å². The standard InChI is InChI=1S/C20H15F3N2O3S/c21-20(22,23)28-16-8-6-13(7-9-16)12-24-18(26)14-3-1-4-15(11-14)25-19(27)17-5-2-10-29-17/h1-11H,12H2,(H,24,26)(H,25,27). The highest BCUT2D eigenvalue weighted by atomic mass is 32.1. The molecule has 0 atom stereocenters. The first kappa shape index (κ1) is 20.4. The fourth-order valence-electron chi connectivity index (χ4n) is 2.43. The van der Waals surface area contributed by atoms with E-state index in [-0.39, 0.29) is 24.1 Å². The van der Waals surface area contributed by atoms with Crippen molar-refractivity contribution in [1.29, 1.82) is 0 Å². The number of carbonyl (C=O) groups excluding carboxylic acids is 2. The summed E-state index contributed by atoms with van der Waals surface area (Å²) in [7, 11) is 0. The van der Waals surface area contributed by atoms with Gasteiger partial charge in [-0.05, 0) is 47.3 Å². The van der Waals surface area contributed by atoms with Crippen molar-refractivity contribution in [1.82, 2.24) is 5.32 Å². The number of amides is 2. The molecular formula is C20H15F3N2O3S. The molecule has 0 spiro atoms. The molecule has 29 heavy (non-hydrogen) atoms. The van der Waals surface area contributed by atoms with Crippen molar-refractivity contribution in [3.8, 4) is 5.75 Å². The predicted octanol–water partition coefficient (Wildman–Crippen LogP) is 4.83. The van der Waals surface area contributed by atoms with Gasteiger partial charge in [0, 0.05) is 17.8 Å². The smallest absolute Gasteiger partial charge is 0.406 e. The van der Waals surface area contributed by atoms with Gasteiger partial charge in [0.05, 0.1) is 4.88 Å². The van der Waals surface area contributed by atoms with Crippen molar-refractivity contribution >= 4 is 28.8 Å². The van der Waals surface area contributed by atoms with Gasteiger partial charge in [0.2, 0.25) is 0 Å². The molecule has 0 fully saturated rings. The third-order valence-electron chi connectivity index (χ3n) is 3.74. The van der Waals surface area contributed by atoms with Crippen LogP contribution in [-0.4, -0.2) is 18.2 Å². The molecule has 3 rings (SSSR count). The lowest BCUT2D eigenvalue weighted by molar-refractivity contribution is -0.274. The number of nitrogens with one attached hydrogen (secondary N) is 2. The van der Waals surface area contributed by atoms with Crippen LogP contribution in [-0.2, 0) is 6.54 Å². The molecule has 0 saturated carbocycles. The fourth-order valence-corrected chi connectivity index (χ4v) is 3.05. The highest BCUT2D eigenvalue weighted by molar-refractivity contribution is 7.12. The van der Waals surface area contributed by atoms with E-state index < -0.39 is 6.36 Å². The summed E-state index contributed by atoms with van der Waals surface area (Å²) in [5, 5.41) is 7.19. The van der Waals surface area contributed by atoms with Crippen LogP contribution in [0.4, 0.5) is 18.9 Å². The third kappa shape index (κ3) is 6.08. The normalized spacial score (nSPS) is 11.0. The maximum Gasteiger partial charge on any atom is 0.573 e. The van der Waals surface area contributed by atoms with E-state index in [2.05, 4.69) is 15.4 Å². The second kappa shape index (κ2) is 8.78. The fraction of sp³-hybridized carbons (Fsp3) is 0.100. The summed E-state index contributed by atoms with van der Waals surface area (Å²) < 4.78 is 40.3. The zero-order chi connectivity index (χ0) is 20.9. The zero-order valence-electron chi connectivity index (χ0n) is 14.8. The number of rotatable bonds is 6. The first-order valence-corrected chi connectivity index (χ1v) is 9.26. The number of benzene rings is 2. The minimum absolute atomic E-state index is 0.122. The molecule has 1 heterocycles. The van der Waals surface area contributed by atoms with Gasteiger partial charge in [-0.1, -0.05) is 24.3 Å². The molecule has 0 saturated heterocycles. The van der Waals surface area contributed by atoms with Crippen LogP contribution < -0.4 is 15.4 Å². The largest absolute Gasteiger partial charge is 0.573 e. The van der Waals surface area contributed by atoms with Gasteiger partial charge < -0.3 is 15.4 Å². The van der Waals surface area contributed by atoms with Gasteiger partial charge in [0.15, 0.2) is 0 Å². The summed E-state index contributed by atoms with van der Waals surface area (Å²) >= 11 is 1.31. The quantitative estimate of drug-likeness (QED) is 0.600. The van der Waals surface area contributed by atoms with Crippen LogP contribution in [0, 0.1) is 0 Å². The third-order valence-corrected chi connectivity index (χ3v) is 4.61. The van der Waals surface area contributed by atoms with Gasteiger partial charge in [-0.15, -0.1) is 24.5 Å². The molecule has 0 aliphatic rings. The Bertz CT molecular complexity index is 987. The van der Waals surface area contributed by atoms with Gasteiger partial charge in [0.1, 0.15) is 5.75 Å². The molecule has 1 aromatic heterocycles. The summed E-state index contributed by atoms with van der Waals surface area (Å²) in [5.41, 5.74) is 1.42. The first-order valence-electron chi connectivity index (χ1n) is 8.38. The van der Waals surface area contributed by atoms with Crippen LogP contribution in [0.3, 0.4) is 0 Å². The monoisotopic (exact) mass is 420 g/mol. The van der Waals surface area contributed by atoms with Crippen molar-refractivity contribution in [3.63, 3.8) is 0 Å². The minimum Gasteiger partial charge on any atom is -0.406 e. The van der Waals surface area contributed by atoms with E-state index in [0.29, 0.717) is 21.7 Å². The second-order valence-electron chi connectivity index (χ2n) is 5.89. The SMILES string of the molecule is O=C(NCc1ccc(OC(F)(F)F)cc1)c1cccc(NC(=O)c2cccs2)c1.